The van der Waals surface area contributed by atoms with Gasteiger partial charge in [0.25, 0.3) is 0 Å². The van der Waals surface area contributed by atoms with Gasteiger partial charge in [-0.25, -0.2) is 0 Å². The molecule has 2 aliphatic rings. The van der Waals surface area contributed by atoms with E-state index in [1.165, 1.54) is 0 Å². The van der Waals surface area contributed by atoms with Crippen LogP contribution in [0.5, 0.6) is 0 Å². The Labute approximate surface area is 193 Å². The summed E-state index contributed by atoms with van der Waals surface area (Å²) < 4.78 is 5.53. The molecule has 3 aromatic rings. The standard InChI is InChI=1S/C26H28N4O3/c1-26(2)20-10-6-7-11-21(20)30(25(26)32)17-14-22(31)29-15-12-19(13-16-29)24-27-23(28-33-24)18-8-4-3-5-9-18/h3-11,19H,12-17H2,1-2H3. The zero-order valence-electron chi connectivity index (χ0n) is 19.0. The third kappa shape index (κ3) is 3.92. The molecule has 7 nitrogen and oxygen atoms in total. The van der Waals surface area contributed by atoms with E-state index in [0.29, 0.717) is 37.8 Å². The highest BCUT2D eigenvalue weighted by molar-refractivity contribution is 6.07. The van der Waals surface area contributed by atoms with Gasteiger partial charge in [0.15, 0.2) is 0 Å². The van der Waals surface area contributed by atoms with Crippen LogP contribution < -0.4 is 4.90 Å². The predicted octanol–water partition coefficient (Wildman–Crippen LogP) is 4.16. The van der Waals surface area contributed by atoms with Gasteiger partial charge >= 0.3 is 0 Å². The molecule has 0 aliphatic carbocycles. The van der Waals surface area contributed by atoms with Crippen molar-refractivity contribution in [2.45, 2.75) is 44.4 Å². The number of carbonyl (C=O) groups excluding carboxylic acids is 2. The minimum atomic E-state index is -0.555. The second-order valence-electron chi connectivity index (χ2n) is 9.33. The number of likely N-dealkylation sites (tertiary alicyclic amines) is 1. The second kappa shape index (κ2) is 8.46. The van der Waals surface area contributed by atoms with E-state index in [0.717, 1.165) is 29.7 Å². The van der Waals surface area contributed by atoms with Crippen LogP contribution in [-0.4, -0.2) is 46.5 Å². The molecule has 3 heterocycles. The molecule has 2 aromatic carbocycles. The van der Waals surface area contributed by atoms with E-state index < -0.39 is 5.41 Å². The molecule has 0 saturated carbocycles. The summed E-state index contributed by atoms with van der Waals surface area (Å²) in [7, 11) is 0. The van der Waals surface area contributed by atoms with E-state index in [1.807, 2.05) is 73.3 Å². The summed E-state index contributed by atoms with van der Waals surface area (Å²) in [6.07, 6.45) is 1.90. The van der Waals surface area contributed by atoms with Crippen LogP contribution in [-0.2, 0) is 15.0 Å². The van der Waals surface area contributed by atoms with Crippen LogP contribution in [0.4, 0.5) is 5.69 Å². The molecule has 0 spiro atoms. The van der Waals surface area contributed by atoms with Gasteiger partial charge in [0.2, 0.25) is 23.5 Å². The molecule has 0 atom stereocenters. The fourth-order valence-corrected chi connectivity index (χ4v) is 4.87. The molecular weight excluding hydrogens is 416 g/mol. The molecule has 0 radical (unpaired) electrons. The number of carbonyl (C=O) groups is 2. The van der Waals surface area contributed by atoms with Gasteiger partial charge in [0.05, 0.1) is 5.41 Å². The summed E-state index contributed by atoms with van der Waals surface area (Å²) in [4.78, 5) is 34.1. The lowest BCUT2D eigenvalue weighted by molar-refractivity contribution is -0.132. The number of hydrogen-bond acceptors (Lipinski definition) is 5. The third-order valence-corrected chi connectivity index (χ3v) is 6.87. The summed E-state index contributed by atoms with van der Waals surface area (Å²) in [5, 5.41) is 4.12. The molecule has 0 bridgehead atoms. The van der Waals surface area contributed by atoms with Gasteiger partial charge in [-0.2, -0.15) is 4.98 Å². The average Bonchev–Trinajstić information content (AvgIpc) is 3.41. The van der Waals surface area contributed by atoms with Crippen molar-refractivity contribution in [3.8, 4) is 11.4 Å². The molecule has 33 heavy (non-hydrogen) atoms. The molecule has 1 saturated heterocycles. The van der Waals surface area contributed by atoms with Gasteiger partial charge in [-0.05, 0) is 38.3 Å². The Kier molecular flexibility index (Phi) is 5.48. The molecule has 0 unspecified atom stereocenters. The molecule has 5 rings (SSSR count). The number of rotatable bonds is 5. The highest BCUT2D eigenvalue weighted by atomic mass is 16.5. The predicted molar refractivity (Wildman–Crippen MR) is 125 cm³/mol. The molecule has 2 amide bonds. The van der Waals surface area contributed by atoms with E-state index in [9.17, 15) is 9.59 Å². The van der Waals surface area contributed by atoms with Crippen molar-refractivity contribution in [2.75, 3.05) is 24.5 Å². The largest absolute Gasteiger partial charge is 0.343 e. The second-order valence-corrected chi connectivity index (χ2v) is 9.33. The van der Waals surface area contributed by atoms with Crippen LogP contribution in [0.15, 0.2) is 59.1 Å². The van der Waals surface area contributed by atoms with Crippen LogP contribution in [0.1, 0.15) is 50.5 Å². The van der Waals surface area contributed by atoms with Crippen molar-refractivity contribution >= 4 is 17.5 Å². The first-order valence-corrected chi connectivity index (χ1v) is 11.5. The number of benzene rings is 2. The summed E-state index contributed by atoms with van der Waals surface area (Å²) >= 11 is 0. The normalized spacial score (nSPS) is 17.9. The average molecular weight is 445 g/mol. The summed E-state index contributed by atoms with van der Waals surface area (Å²) in [6, 6.07) is 17.6. The van der Waals surface area contributed by atoms with Gasteiger partial charge in [-0.3, -0.25) is 9.59 Å². The van der Waals surface area contributed by atoms with Crippen LogP contribution in [0, 0.1) is 0 Å². The van der Waals surface area contributed by atoms with Crippen LogP contribution in [0.25, 0.3) is 11.4 Å². The monoisotopic (exact) mass is 444 g/mol. The Morgan fingerprint density at radius 1 is 1.06 bits per heavy atom. The number of anilines is 1. The van der Waals surface area contributed by atoms with E-state index >= 15 is 0 Å². The fourth-order valence-electron chi connectivity index (χ4n) is 4.87. The van der Waals surface area contributed by atoms with Crippen molar-refractivity contribution in [1.82, 2.24) is 15.0 Å². The van der Waals surface area contributed by atoms with Crippen LogP contribution in [0.2, 0.25) is 0 Å². The Hall–Kier alpha value is -3.48. The minimum absolute atomic E-state index is 0.0563. The SMILES string of the molecule is CC1(C)C(=O)N(CCC(=O)N2CCC(c3nc(-c4ccccc4)no3)CC2)c2ccccc21. The summed E-state index contributed by atoms with van der Waals surface area (Å²) in [5.41, 5.74) is 2.32. The van der Waals surface area contributed by atoms with Gasteiger partial charge in [-0.1, -0.05) is 53.7 Å². The van der Waals surface area contributed by atoms with Crippen molar-refractivity contribution in [3.63, 3.8) is 0 Å². The number of fused-ring (bicyclic) bond motifs is 1. The lowest BCUT2D eigenvalue weighted by atomic mass is 9.86. The maximum Gasteiger partial charge on any atom is 0.237 e. The van der Waals surface area contributed by atoms with Crippen molar-refractivity contribution in [1.29, 1.82) is 0 Å². The van der Waals surface area contributed by atoms with Crippen LogP contribution in [0.3, 0.4) is 0 Å². The smallest absolute Gasteiger partial charge is 0.237 e. The highest BCUT2D eigenvalue weighted by Gasteiger charge is 2.43. The van der Waals surface area contributed by atoms with Gasteiger partial charge in [0, 0.05) is 43.2 Å². The quantitative estimate of drug-likeness (QED) is 0.590. The Morgan fingerprint density at radius 3 is 2.52 bits per heavy atom. The van der Waals surface area contributed by atoms with E-state index in [4.69, 9.17) is 4.52 Å². The summed E-state index contributed by atoms with van der Waals surface area (Å²) in [5.74, 6) is 1.54. The zero-order valence-corrected chi connectivity index (χ0v) is 19.0. The van der Waals surface area contributed by atoms with Gasteiger partial charge in [0.1, 0.15) is 0 Å². The molecule has 170 valence electrons. The number of aromatic nitrogens is 2. The van der Waals surface area contributed by atoms with Crippen molar-refractivity contribution in [3.05, 3.63) is 66.1 Å². The van der Waals surface area contributed by atoms with Crippen molar-refractivity contribution < 1.29 is 14.1 Å². The lowest BCUT2D eigenvalue weighted by Gasteiger charge is -2.31. The minimum Gasteiger partial charge on any atom is -0.343 e. The number of hydrogen-bond donors (Lipinski definition) is 0. The maximum absolute atomic E-state index is 13.0. The third-order valence-electron chi connectivity index (χ3n) is 6.87. The van der Waals surface area contributed by atoms with E-state index in [-0.39, 0.29) is 17.7 Å². The fraction of sp³-hybridized carbons (Fsp3) is 0.385. The lowest BCUT2D eigenvalue weighted by Crippen LogP contribution is -2.41. The van der Waals surface area contributed by atoms with Crippen LogP contribution >= 0.6 is 0 Å². The number of amides is 2. The molecule has 1 fully saturated rings. The first-order chi connectivity index (χ1) is 15.9. The Balaban J connectivity index is 1.17. The highest BCUT2D eigenvalue weighted by Crippen LogP contribution is 2.41. The molecular formula is C26H28N4O3. The Bertz CT molecular complexity index is 1160. The molecule has 2 aliphatic heterocycles. The van der Waals surface area contributed by atoms with Gasteiger partial charge < -0.3 is 14.3 Å². The molecule has 1 aromatic heterocycles. The first-order valence-electron chi connectivity index (χ1n) is 11.5. The first kappa shape index (κ1) is 21.4. The number of nitrogens with zero attached hydrogens (tertiary/aromatic N) is 4. The van der Waals surface area contributed by atoms with E-state index in [1.54, 1.807) is 4.90 Å². The topological polar surface area (TPSA) is 79.5 Å². The molecule has 7 heteroatoms. The van der Waals surface area contributed by atoms with Crippen molar-refractivity contribution in [2.24, 2.45) is 0 Å². The maximum atomic E-state index is 13.0. The summed E-state index contributed by atoms with van der Waals surface area (Å²) in [6.45, 7) is 5.61. The van der Waals surface area contributed by atoms with Gasteiger partial charge in [-0.15, -0.1) is 0 Å². The number of piperidine rings is 1. The Morgan fingerprint density at radius 2 is 1.76 bits per heavy atom. The zero-order chi connectivity index (χ0) is 23.0. The molecule has 0 N–H and O–H groups in total. The number of para-hydroxylation sites is 1. The van der Waals surface area contributed by atoms with E-state index in [2.05, 4.69) is 10.1 Å².